The first-order valence-corrected chi connectivity index (χ1v) is 9.18. The van der Waals surface area contributed by atoms with Crippen LogP contribution in [0.4, 0.5) is 15.8 Å². The van der Waals surface area contributed by atoms with Crippen molar-refractivity contribution in [1.29, 1.82) is 0 Å². The Morgan fingerprint density at radius 3 is 2.30 bits per heavy atom. The number of ether oxygens (including phenoxy) is 1. The molecule has 0 aliphatic heterocycles. The summed E-state index contributed by atoms with van der Waals surface area (Å²) >= 11 is 6.87. The fraction of sp³-hybridized carbons (Fsp3) is 0.0500. The molecule has 0 unspecified atom stereocenters. The van der Waals surface area contributed by atoms with Crippen molar-refractivity contribution in [1.82, 2.24) is 0 Å². The van der Waals surface area contributed by atoms with E-state index in [4.69, 9.17) is 16.3 Å². The summed E-state index contributed by atoms with van der Waals surface area (Å²) in [5.41, 5.74) is 1.94. The third kappa shape index (κ3) is 5.15. The average Bonchev–Trinajstić information content (AvgIpc) is 2.68. The van der Waals surface area contributed by atoms with Crippen molar-refractivity contribution in [2.75, 3.05) is 17.1 Å². The number of hydrogen-bond acceptors (Lipinski definition) is 4. The number of rotatable bonds is 6. The highest BCUT2D eigenvalue weighted by molar-refractivity contribution is 8.00. The molecule has 0 saturated heterocycles. The SMILES string of the molecule is COc1ccc(NC(=O)c2ccc(NSc3ccc(Cl)cc3F)cc2)cc1. The maximum atomic E-state index is 13.8. The summed E-state index contributed by atoms with van der Waals surface area (Å²) in [6.07, 6.45) is 0. The van der Waals surface area contributed by atoms with Crippen LogP contribution in [0.5, 0.6) is 5.75 Å². The molecule has 0 spiro atoms. The van der Waals surface area contributed by atoms with Crippen molar-refractivity contribution in [2.45, 2.75) is 4.90 Å². The lowest BCUT2D eigenvalue weighted by Gasteiger charge is -2.09. The van der Waals surface area contributed by atoms with Crippen LogP contribution in [0.15, 0.2) is 71.6 Å². The normalized spacial score (nSPS) is 10.3. The second-order valence-electron chi connectivity index (χ2n) is 5.54. The summed E-state index contributed by atoms with van der Waals surface area (Å²) in [7, 11) is 1.59. The van der Waals surface area contributed by atoms with E-state index in [9.17, 15) is 9.18 Å². The van der Waals surface area contributed by atoms with Crippen LogP contribution in [0, 0.1) is 5.82 Å². The van der Waals surface area contributed by atoms with Gasteiger partial charge in [-0.2, -0.15) is 0 Å². The number of amides is 1. The van der Waals surface area contributed by atoms with Crippen molar-refractivity contribution < 1.29 is 13.9 Å². The van der Waals surface area contributed by atoms with Gasteiger partial charge in [-0.15, -0.1) is 0 Å². The first-order valence-electron chi connectivity index (χ1n) is 7.98. The minimum atomic E-state index is -0.393. The molecule has 3 aromatic carbocycles. The summed E-state index contributed by atoms with van der Waals surface area (Å²) in [4.78, 5) is 12.7. The number of anilines is 2. The Labute approximate surface area is 165 Å². The second kappa shape index (κ2) is 8.79. The zero-order valence-electron chi connectivity index (χ0n) is 14.3. The van der Waals surface area contributed by atoms with Gasteiger partial charge in [0.05, 0.1) is 12.0 Å². The molecule has 0 saturated carbocycles. The van der Waals surface area contributed by atoms with Gasteiger partial charge in [-0.1, -0.05) is 11.6 Å². The third-order valence-corrected chi connectivity index (χ3v) is 4.79. The zero-order valence-corrected chi connectivity index (χ0v) is 15.9. The van der Waals surface area contributed by atoms with E-state index in [1.807, 2.05) is 0 Å². The highest BCUT2D eigenvalue weighted by Crippen LogP contribution is 2.26. The van der Waals surface area contributed by atoms with Crippen molar-refractivity contribution in [2.24, 2.45) is 0 Å². The highest BCUT2D eigenvalue weighted by Gasteiger charge is 2.07. The third-order valence-electron chi connectivity index (χ3n) is 3.67. The highest BCUT2D eigenvalue weighted by atomic mass is 35.5. The largest absolute Gasteiger partial charge is 0.497 e. The van der Waals surface area contributed by atoms with Crippen LogP contribution in [-0.4, -0.2) is 13.0 Å². The first-order chi connectivity index (χ1) is 13.0. The number of carbonyl (C=O) groups is 1. The van der Waals surface area contributed by atoms with Crippen LogP contribution >= 0.6 is 23.5 Å². The number of benzene rings is 3. The number of nitrogens with one attached hydrogen (secondary N) is 2. The van der Waals surface area contributed by atoms with Gasteiger partial charge in [0.15, 0.2) is 0 Å². The molecule has 3 aromatic rings. The van der Waals surface area contributed by atoms with Crippen molar-refractivity contribution in [3.8, 4) is 5.75 Å². The molecule has 0 aliphatic carbocycles. The van der Waals surface area contributed by atoms with E-state index in [0.29, 0.717) is 21.2 Å². The predicted octanol–water partition coefficient (Wildman–Crippen LogP) is 5.86. The maximum Gasteiger partial charge on any atom is 0.255 e. The molecule has 4 nitrogen and oxygen atoms in total. The molecule has 3 rings (SSSR count). The van der Waals surface area contributed by atoms with Gasteiger partial charge in [-0.25, -0.2) is 4.39 Å². The number of methoxy groups -OCH3 is 1. The van der Waals surface area contributed by atoms with Crippen molar-refractivity contribution in [3.05, 3.63) is 83.1 Å². The summed E-state index contributed by atoms with van der Waals surface area (Å²) in [6, 6.07) is 18.5. The van der Waals surface area contributed by atoms with E-state index in [1.54, 1.807) is 67.8 Å². The Balaban J connectivity index is 1.59. The molecule has 0 atom stereocenters. The molecule has 138 valence electrons. The van der Waals surface area contributed by atoms with Gasteiger partial charge in [-0.05, 0) is 78.7 Å². The van der Waals surface area contributed by atoms with Crippen LogP contribution in [-0.2, 0) is 0 Å². The Kier molecular flexibility index (Phi) is 6.21. The fourth-order valence-corrected chi connectivity index (χ4v) is 3.05. The summed E-state index contributed by atoms with van der Waals surface area (Å²) in [5.74, 6) is 0.108. The van der Waals surface area contributed by atoms with Gasteiger partial charge in [0, 0.05) is 22.0 Å². The molecule has 0 aliphatic rings. The Bertz CT molecular complexity index is 934. The van der Waals surface area contributed by atoms with Crippen LogP contribution in [0.3, 0.4) is 0 Å². The standard InChI is InChI=1S/C20H16ClFN2O2S/c1-26-17-9-7-15(8-10-17)23-20(25)13-2-5-16(6-3-13)24-27-19-11-4-14(21)12-18(19)22/h2-12,24H,1H3,(H,23,25). The smallest absolute Gasteiger partial charge is 0.255 e. The Morgan fingerprint density at radius 2 is 1.67 bits per heavy atom. The zero-order chi connectivity index (χ0) is 19.2. The molecule has 7 heteroatoms. The quantitative estimate of drug-likeness (QED) is 0.507. The van der Waals surface area contributed by atoms with Crippen LogP contribution in [0.25, 0.3) is 0 Å². The summed E-state index contributed by atoms with van der Waals surface area (Å²) < 4.78 is 21.9. The number of halogens is 2. The lowest BCUT2D eigenvalue weighted by molar-refractivity contribution is 0.102. The number of carbonyl (C=O) groups excluding carboxylic acids is 1. The van der Waals surface area contributed by atoms with Gasteiger partial charge < -0.3 is 14.8 Å². The molecule has 27 heavy (non-hydrogen) atoms. The van der Waals surface area contributed by atoms with Crippen molar-refractivity contribution in [3.63, 3.8) is 0 Å². The van der Waals surface area contributed by atoms with Crippen LogP contribution in [0.2, 0.25) is 5.02 Å². The van der Waals surface area contributed by atoms with Gasteiger partial charge in [0.25, 0.3) is 5.91 Å². The number of hydrogen-bond donors (Lipinski definition) is 2. The Hall–Kier alpha value is -2.70. The molecule has 0 fully saturated rings. The molecule has 0 bridgehead atoms. The lowest BCUT2D eigenvalue weighted by Crippen LogP contribution is -2.11. The molecular formula is C20H16ClFN2O2S. The van der Waals surface area contributed by atoms with E-state index in [0.717, 1.165) is 23.4 Å². The summed E-state index contributed by atoms with van der Waals surface area (Å²) in [5, 5.41) is 3.17. The molecule has 0 aromatic heterocycles. The van der Waals surface area contributed by atoms with Gasteiger partial charge in [0.1, 0.15) is 11.6 Å². The topological polar surface area (TPSA) is 50.4 Å². The Morgan fingerprint density at radius 1 is 1.00 bits per heavy atom. The lowest BCUT2D eigenvalue weighted by atomic mass is 10.2. The van der Waals surface area contributed by atoms with E-state index in [-0.39, 0.29) is 5.91 Å². The maximum absolute atomic E-state index is 13.8. The van der Waals surface area contributed by atoms with E-state index in [1.165, 1.54) is 6.07 Å². The van der Waals surface area contributed by atoms with Gasteiger partial charge in [-0.3, -0.25) is 4.79 Å². The predicted molar refractivity (Wildman–Crippen MR) is 108 cm³/mol. The van der Waals surface area contributed by atoms with Gasteiger partial charge >= 0.3 is 0 Å². The molecule has 0 heterocycles. The molecule has 0 radical (unpaired) electrons. The second-order valence-corrected chi connectivity index (χ2v) is 6.82. The average molecular weight is 403 g/mol. The summed E-state index contributed by atoms with van der Waals surface area (Å²) in [6.45, 7) is 0. The van der Waals surface area contributed by atoms with Gasteiger partial charge in [0.2, 0.25) is 0 Å². The van der Waals surface area contributed by atoms with E-state index >= 15 is 0 Å². The molecular weight excluding hydrogens is 387 g/mol. The van der Waals surface area contributed by atoms with Crippen LogP contribution in [0.1, 0.15) is 10.4 Å². The first kappa shape index (κ1) is 19.1. The van der Waals surface area contributed by atoms with E-state index < -0.39 is 5.82 Å². The molecule has 2 N–H and O–H groups in total. The monoisotopic (exact) mass is 402 g/mol. The van der Waals surface area contributed by atoms with Crippen LogP contribution < -0.4 is 14.8 Å². The van der Waals surface area contributed by atoms with Crippen molar-refractivity contribution >= 4 is 40.8 Å². The molecule has 1 amide bonds. The fourth-order valence-electron chi connectivity index (χ4n) is 2.24. The van der Waals surface area contributed by atoms with E-state index in [2.05, 4.69) is 10.0 Å². The minimum Gasteiger partial charge on any atom is -0.497 e. The minimum absolute atomic E-state index is 0.219.